The normalized spacial score (nSPS) is 14.9. The largest absolute Gasteiger partial charge is 0.477 e. The first-order valence-corrected chi connectivity index (χ1v) is 10.00. The van der Waals surface area contributed by atoms with Gasteiger partial charge in [-0.1, -0.05) is 44.7 Å². The van der Waals surface area contributed by atoms with Crippen molar-refractivity contribution in [2.75, 3.05) is 5.32 Å². The summed E-state index contributed by atoms with van der Waals surface area (Å²) in [6.45, 7) is 3.89. The number of halogens is 1. The van der Waals surface area contributed by atoms with E-state index in [0.717, 1.165) is 25.7 Å². The number of carbonyl (C=O) groups is 1. The third-order valence-electron chi connectivity index (χ3n) is 5.07. The lowest BCUT2D eigenvalue weighted by molar-refractivity contribution is 0.0690. The standard InChI is InChI=1S/C21H25ClN4O2/c1-12(2)19(23)18-15(13-8-9-17(22)24-11-13)10-16(21(27)28)26-20(18)25-14-6-4-3-5-7-14/h8-12,14,23H,3-7H2,1-2H3,(H,25,26)(H,27,28). The third-order valence-corrected chi connectivity index (χ3v) is 5.29. The summed E-state index contributed by atoms with van der Waals surface area (Å²) in [5.74, 6) is -0.670. The summed E-state index contributed by atoms with van der Waals surface area (Å²) in [4.78, 5) is 20.2. The molecule has 1 fully saturated rings. The van der Waals surface area contributed by atoms with Gasteiger partial charge in [0.15, 0.2) is 5.69 Å². The molecule has 148 valence electrons. The number of carboxylic acids is 1. The Kier molecular flexibility index (Phi) is 6.29. The number of hydrogen-bond donors (Lipinski definition) is 3. The van der Waals surface area contributed by atoms with Crippen molar-refractivity contribution in [3.8, 4) is 11.1 Å². The second kappa shape index (κ2) is 8.69. The first-order valence-electron chi connectivity index (χ1n) is 9.62. The summed E-state index contributed by atoms with van der Waals surface area (Å²) in [5, 5.41) is 22.1. The van der Waals surface area contributed by atoms with Crippen LogP contribution in [-0.2, 0) is 0 Å². The summed E-state index contributed by atoms with van der Waals surface area (Å²) in [7, 11) is 0. The van der Waals surface area contributed by atoms with Gasteiger partial charge in [0.1, 0.15) is 11.0 Å². The molecule has 2 heterocycles. The predicted octanol–water partition coefficient (Wildman–Crippen LogP) is 5.26. The van der Waals surface area contributed by atoms with E-state index in [2.05, 4.69) is 15.3 Å². The molecular formula is C21H25ClN4O2. The highest BCUT2D eigenvalue weighted by Gasteiger charge is 2.24. The van der Waals surface area contributed by atoms with E-state index >= 15 is 0 Å². The Morgan fingerprint density at radius 3 is 2.57 bits per heavy atom. The number of carboxylic acid groups (broad SMARTS) is 1. The van der Waals surface area contributed by atoms with Gasteiger partial charge in [0.2, 0.25) is 0 Å². The molecule has 3 N–H and O–H groups in total. The molecular weight excluding hydrogens is 376 g/mol. The number of aromatic nitrogens is 2. The molecule has 0 amide bonds. The second-order valence-corrected chi connectivity index (χ2v) is 7.89. The second-order valence-electron chi connectivity index (χ2n) is 7.50. The molecule has 7 heteroatoms. The van der Waals surface area contributed by atoms with Gasteiger partial charge in [-0.2, -0.15) is 0 Å². The highest BCUT2D eigenvalue weighted by molar-refractivity contribution is 6.29. The van der Waals surface area contributed by atoms with Gasteiger partial charge >= 0.3 is 5.97 Å². The SMILES string of the molecule is CC(C)C(=N)c1c(-c2ccc(Cl)nc2)cc(C(=O)O)nc1NC1CCCCC1. The Hall–Kier alpha value is -2.47. The fraction of sp³-hybridized carbons (Fsp3) is 0.429. The lowest BCUT2D eigenvalue weighted by atomic mass is 9.91. The molecule has 0 spiro atoms. The fourth-order valence-corrected chi connectivity index (χ4v) is 3.64. The zero-order valence-corrected chi connectivity index (χ0v) is 16.9. The summed E-state index contributed by atoms with van der Waals surface area (Å²) in [5.41, 5.74) is 2.33. The highest BCUT2D eigenvalue weighted by Crippen LogP contribution is 2.33. The van der Waals surface area contributed by atoms with Crippen LogP contribution in [-0.4, -0.2) is 32.8 Å². The molecule has 0 atom stereocenters. The topological polar surface area (TPSA) is 99.0 Å². The van der Waals surface area contributed by atoms with Crippen LogP contribution in [0.5, 0.6) is 0 Å². The fourth-order valence-electron chi connectivity index (χ4n) is 3.52. The maximum Gasteiger partial charge on any atom is 0.354 e. The first-order chi connectivity index (χ1) is 13.4. The summed E-state index contributed by atoms with van der Waals surface area (Å²) in [6, 6.07) is 5.21. The molecule has 6 nitrogen and oxygen atoms in total. The molecule has 0 radical (unpaired) electrons. The average molecular weight is 401 g/mol. The number of nitrogens with one attached hydrogen (secondary N) is 2. The molecule has 1 aliphatic rings. The Balaban J connectivity index is 2.18. The van der Waals surface area contributed by atoms with Crippen molar-refractivity contribution >= 4 is 29.1 Å². The lowest BCUT2D eigenvalue weighted by Gasteiger charge is -2.26. The third kappa shape index (κ3) is 4.50. The maximum atomic E-state index is 11.7. The van der Waals surface area contributed by atoms with E-state index < -0.39 is 5.97 Å². The molecule has 2 aromatic rings. The van der Waals surface area contributed by atoms with Crippen LogP contribution < -0.4 is 5.32 Å². The average Bonchev–Trinajstić information content (AvgIpc) is 2.68. The van der Waals surface area contributed by atoms with Gasteiger partial charge in [-0.15, -0.1) is 0 Å². The predicted molar refractivity (Wildman–Crippen MR) is 112 cm³/mol. The number of rotatable bonds is 6. The zero-order valence-electron chi connectivity index (χ0n) is 16.1. The van der Waals surface area contributed by atoms with Crippen molar-refractivity contribution in [1.29, 1.82) is 5.41 Å². The number of aromatic carboxylic acids is 1. The van der Waals surface area contributed by atoms with Gasteiger partial charge in [-0.3, -0.25) is 0 Å². The first kappa shape index (κ1) is 20.3. The van der Waals surface area contributed by atoms with E-state index in [-0.39, 0.29) is 17.7 Å². The molecule has 0 saturated heterocycles. The van der Waals surface area contributed by atoms with Crippen molar-refractivity contribution < 1.29 is 9.90 Å². The van der Waals surface area contributed by atoms with Crippen molar-refractivity contribution in [3.05, 3.63) is 40.8 Å². The van der Waals surface area contributed by atoms with Crippen LogP contribution in [0.25, 0.3) is 11.1 Å². The van der Waals surface area contributed by atoms with E-state index in [0.29, 0.717) is 33.4 Å². The number of nitrogens with zero attached hydrogens (tertiary/aromatic N) is 2. The Labute approximate surface area is 169 Å². The number of anilines is 1. The summed E-state index contributed by atoms with van der Waals surface area (Å²) in [6.07, 6.45) is 7.14. The van der Waals surface area contributed by atoms with Gasteiger partial charge in [0, 0.05) is 29.1 Å². The van der Waals surface area contributed by atoms with Crippen LogP contribution in [0.2, 0.25) is 5.15 Å². The molecule has 3 rings (SSSR count). The molecule has 0 aromatic carbocycles. The molecule has 0 bridgehead atoms. The number of hydrogen-bond acceptors (Lipinski definition) is 5. The molecule has 2 aromatic heterocycles. The Bertz CT molecular complexity index is 875. The Morgan fingerprint density at radius 2 is 2.00 bits per heavy atom. The summed E-state index contributed by atoms with van der Waals surface area (Å²) >= 11 is 5.92. The van der Waals surface area contributed by atoms with E-state index in [1.165, 1.54) is 12.5 Å². The molecule has 1 saturated carbocycles. The number of pyridine rings is 2. The van der Waals surface area contributed by atoms with Crippen molar-refractivity contribution in [2.45, 2.75) is 52.0 Å². The van der Waals surface area contributed by atoms with Gasteiger partial charge in [-0.25, -0.2) is 14.8 Å². The van der Waals surface area contributed by atoms with E-state index in [1.807, 2.05) is 13.8 Å². The molecule has 28 heavy (non-hydrogen) atoms. The molecule has 1 aliphatic carbocycles. The van der Waals surface area contributed by atoms with Crippen LogP contribution in [0, 0.1) is 11.3 Å². The van der Waals surface area contributed by atoms with Crippen LogP contribution in [0.1, 0.15) is 62.0 Å². The van der Waals surface area contributed by atoms with Gasteiger partial charge in [0.05, 0.1) is 0 Å². The minimum atomic E-state index is -1.10. The van der Waals surface area contributed by atoms with E-state index in [1.54, 1.807) is 18.3 Å². The minimum absolute atomic E-state index is 0.0385. The lowest BCUT2D eigenvalue weighted by Crippen LogP contribution is -2.26. The van der Waals surface area contributed by atoms with Crippen molar-refractivity contribution in [1.82, 2.24) is 9.97 Å². The Morgan fingerprint density at radius 1 is 1.29 bits per heavy atom. The van der Waals surface area contributed by atoms with Crippen LogP contribution in [0.15, 0.2) is 24.4 Å². The highest BCUT2D eigenvalue weighted by atomic mass is 35.5. The quantitative estimate of drug-likeness (QED) is 0.453. The molecule has 0 unspecified atom stereocenters. The van der Waals surface area contributed by atoms with Crippen molar-refractivity contribution in [3.63, 3.8) is 0 Å². The van der Waals surface area contributed by atoms with Crippen LogP contribution >= 0.6 is 11.6 Å². The zero-order chi connectivity index (χ0) is 20.3. The maximum absolute atomic E-state index is 11.7. The van der Waals surface area contributed by atoms with E-state index in [4.69, 9.17) is 17.0 Å². The minimum Gasteiger partial charge on any atom is -0.477 e. The van der Waals surface area contributed by atoms with Gasteiger partial charge in [0.25, 0.3) is 0 Å². The van der Waals surface area contributed by atoms with E-state index in [9.17, 15) is 9.90 Å². The summed E-state index contributed by atoms with van der Waals surface area (Å²) < 4.78 is 0. The van der Waals surface area contributed by atoms with Gasteiger partial charge in [-0.05, 0) is 42.5 Å². The van der Waals surface area contributed by atoms with Crippen LogP contribution in [0.4, 0.5) is 5.82 Å². The molecule has 0 aliphatic heterocycles. The van der Waals surface area contributed by atoms with Gasteiger partial charge < -0.3 is 15.8 Å². The van der Waals surface area contributed by atoms with Crippen molar-refractivity contribution in [2.24, 2.45) is 5.92 Å². The smallest absolute Gasteiger partial charge is 0.354 e. The van der Waals surface area contributed by atoms with Crippen LogP contribution in [0.3, 0.4) is 0 Å². The monoisotopic (exact) mass is 400 g/mol.